The predicted octanol–water partition coefficient (Wildman–Crippen LogP) is 3.72. The molecular formula is C24H25ClN8O. The SMILES string of the molecule is C=CCn1c(=O)c2cnc(Nc3ccc(Cl)cc3)nc2n1-c1cccc(N[C@@H]2CCCNC2)n1. The van der Waals surface area contributed by atoms with Gasteiger partial charge in [-0.15, -0.1) is 6.58 Å². The third kappa shape index (κ3) is 4.52. The molecule has 0 saturated carbocycles. The largest absolute Gasteiger partial charge is 0.366 e. The van der Waals surface area contributed by atoms with Crippen molar-refractivity contribution >= 4 is 40.1 Å². The lowest BCUT2D eigenvalue weighted by atomic mass is 10.1. The van der Waals surface area contributed by atoms with Gasteiger partial charge in [0.1, 0.15) is 11.2 Å². The number of piperidine rings is 1. The van der Waals surface area contributed by atoms with Gasteiger partial charge in [-0.2, -0.15) is 4.98 Å². The van der Waals surface area contributed by atoms with Crippen LogP contribution in [0, 0.1) is 0 Å². The number of rotatable bonds is 7. The highest BCUT2D eigenvalue weighted by Gasteiger charge is 2.19. The van der Waals surface area contributed by atoms with Crippen molar-refractivity contribution in [3.05, 3.63) is 76.7 Å². The van der Waals surface area contributed by atoms with E-state index in [2.05, 4.69) is 32.5 Å². The molecule has 4 aromatic rings. The van der Waals surface area contributed by atoms with E-state index in [1.165, 1.54) is 6.20 Å². The molecule has 34 heavy (non-hydrogen) atoms. The zero-order valence-electron chi connectivity index (χ0n) is 18.5. The molecule has 174 valence electrons. The second kappa shape index (κ2) is 9.66. The van der Waals surface area contributed by atoms with Crippen molar-refractivity contribution in [3.63, 3.8) is 0 Å². The summed E-state index contributed by atoms with van der Waals surface area (Å²) in [5, 5.41) is 11.1. The predicted molar refractivity (Wildman–Crippen MR) is 135 cm³/mol. The lowest BCUT2D eigenvalue weighted by molar-refractivity contribution is 0.479. The van der Waals surface area contributed by atoms with Crippen molar-refractivity contribution in [2.75, 3.05) is 23.7 Å². The second-order valence-electron chi connectivity index (χ2n) is 8.12. The van der Waals surface area contributed by atoms with Crippen molar-refractivity contribution in [2.45, 2.75) is 25.4 Å². The highest BCUT2D eigenvalue weighted by molar-refractivity contribution is 6.30. The molecule has 3 aromatic heterocycles. The Labute approximate surface area is 201 Å². The van der Waals surface area contributed by atoms with Gasteiger partial charge in [0.2, 0.25) is 5.95 Å². The van der Waals surface area contributed by atoms with Crippen LogP contribution in [0.2, 0.25) is 5.02 Å². The fraction of sp³-hybridized carbons (Fsp3) is 0.250. The maximum atomic E-state index is 13.1. The normalized spacial score (nSPS) is 15.9. The van der Waals surface area contributed by atoms with E-state index < -0.39 is 0 Å². The Kier molecular flexibility index (Phi) is 6.29. The van der Waals surface area contributed by atoms with Gasteiger partial charge in [0.05, 0.1) is 6.54 Å². The maximum absolute atomic E-state index is 13.1. The van der Waals surface area contributed by atoms with Crippen LogP contribution >= 0.6 is 11.6 Å². The number of pyridine rings is 1. The lowest BCUT2D eigenvalue weighted by Gasteiger charge is -2.24. The summed E-state index contributed by atoms with van der Waals surface area (Å²) in [6.07, 6.45) is 5.42. The Bertz CT molecular complexity index is 1370. The molecule has 0 radical (unpaired) electrons. The molecule has 5 rings (SSSR count). The molecule has 0 unspecified atom stereocenters. The first-order valence-corrected chi connectivity index (χ1v) is 11.6. The third-order valence-electron chi connectivity index (χ3n) is 5.68. The number of nitrogens with zero attached hydrogens (tertiary/aromatic N) is 5. The topological polar surface area (TPSA) is 102 Å². The van der Waals surface area contributed by atoms with Crippen molar-refractivity contribution < 1.29 is 0 Å². The van der Waals surface area contributed by atoms with E-state index in [0.717, 1.165) is 37.4 Å². The summed E-state index contributed by atoms with van der Waals surface area (Å²) in [5.41, 5.74) is 1.04. The van der Waals surface area contributed by atoms with Crippen LogP contribution in [0.25, 0.3) is 16.9 Å². The first-order valence-electron chi connectivity index (χ1n) is 11.2. The van der Waals surface area contributed by atoms with E-state index in [0.29, 0.717) is 40.4 Å². The number of allylic oxidation sites excluding steroid dienone is 1. The summed E-state index contributed by atoms with van der Waals surface area (Å²) in [5.74, 6) is 1.69. The summed E-state index contributed by atoms with van der Waals surface area (Å²) in [7, 11) is 0. The first-order chi connectivity index (χ1) is 16.6. The van der Waals surface area contributed by atoms with Crippen molar-refractivity contribution in [3.8, 4) is 5.82 Å². The van der Waals surface area contributed by atoms with E-state index in [4.69, 9.17) is 16.6 Å². The van der Waals surface area contributed by atoms with Gasteiger partial charge in [-0.05, 0) is 55.8 Å². The highest BCUT2D eigenvalue weighted by Crippen LogP contribution is 2.21. The molecule has 1 aliphatic rings. The molecule has 1 aliphatic heterocycles. The van der Waals surface area contributed by atoms with E-state index in [9.17, 15) is 4.79 Å². The average molecular weight is 477 g/mol. The van der Waals surface area contributed by atoms with Gasteiger partial charge in [-0.25, -0.2) is 19.3 Å². The molecule has 1 fully saturated rings. The van der Waals surface area contributed by atoms with Crippen LogP contribution < -0.4 is 21.5 Å². The fourth-order valence-corrected chi connectivity index (χ4v) is 4.20. The molecule has 0 spiro atoms. The van der Waals surface area contributed by atoms with Crippen molar-refractivity contribution in [2.24, 2.45) is 0 Å². The lowest BCUT2D eigenvalue weighted by Crippen LogP contribution is -2.38. The molecule has 3 N–H and O–H groups in total. The van der Waals surface area contributed by atoms with Crippen LogP contribution in [0.5, 0.6) is 0 Å². The molecule has 10 heteroatoms. The van der Waals surface area contributed by atoms with Crippen LogP contribution in [0.4, 0.5) is 17.5 Å². The number of nitrogens with one attached hydrogen (secondary N) is 3. The van der Waals surface area contributed by atoms with Gasteiger partial charge in [0.15, 0.2) is 11.5 Å². The molecule has 1 atom stereocenters. The number of hydrogen-bond acceptors (Lipinski definition) is 7. The molecule has 0 aliphatic carbocycles. The van der Waals surface area contributed by atoms with E-state index in [1.54, 1.807) is 27.6 Å². The van der Waals surface area contributed by atoms with Gasteiger partial charge in [0.25, 0.3) is 5.56 Å². The molecule has 1 saturated heterocycles. The van der Waals surface area contributed by atoms with Gasteiger partial charge >= 0.3 is 0 Å². The molecular weight excluding hydrogens is 452 g/mol. The number of anilines is 3. The smallest absolute Gasteiger partial charge is 0.278 e. The van der Waals surface area contributed by atoms with E-state index in [1.807, 2.05) is 30.3 Å². The third-order valence-corrected chi connectivity index (χ3v) is 5.93. The van der Waals surface area contributed by atoms with Crippen LogP contribution in [0.15, 0.2) is 66.1 Å². The summed E-state index contributed by atoms with van der Waals surface area (Å²) in [6, 6.07) is 13.3. The number of halogens is 1. The Morgan fingerprint density at radius 3 is 2.82 bits per heavy atom. The van der Waals surface area contributed by atoms with E-state index in [-0.39, 0.29) is 5.56 Å². The quantitative estimate of drug-likeness (QED) is 0.349. The van der Waals surface area contributed by atoms with Gasteiger partial charge in [-0.3, -0.25) is 4.79 Å². The Morgan fingerprint density at radius 1 is 1.21 bits per heavy atom. The fourth-order valence-electron chi connectivity index (χ4n) is 4.08. The van der Waals surface area contributed by atoms with Crippen LogP contribution in [-0.2, 0) is 6.54 Å². The summed E-state index contributed by atoms with van der Waals surface area (Å²) >= 11 is 5.98. The standard InChI is InChI=1S/C24H25ClN8O/c1-2-13-32-23(34)19-15-27-24(29-17-10-8-16(25)9-11-17)31-22(19)33(32)21-7-3-6-20(30-21)28-18-5-4-12-26-14-18/h2-3,6-11,15,18,26H,1,4-5,12-14H2,(H,28,30)(H,27,29,31)/t18-/m1/s1. The minimum atomic E-state index is -0.204. The van der Waals surface area contributed by atoms with Crippen molar-refractivity contribution in [1.82, 2.24) is 29.6 Å². The minimum Gasteiger partial charge on any atom is -0.366 e. The monoisotopic (exact) mass is 476 g/mol. The van der Waals surface area contributed by atoms with Crippen LogP contribution in [0.1, 0.15) is 12.8 Å². The molecule has 0 amide bonds. The Morgan fingerprint density at radius 2 is 2.06 bits per heavy atom. The van der Waals surface area contributed by atoms with Crippen LogP contribution in [-0.4, -0.2) is 43.4 Å². The summed E-state index contributed by atoms with van der Waals surface area (Å²) in [4.78, 5) is 27.0. The average Bonchev–Trinajstić information content (AvgIpc) is 3.12. The van der Waals surface area contributed by atoms with Gasteiger partial charge in [-0.1, -0.05) is 23.7 Å². The first kappa shape index (κ1) is 22.1. The summed E-state index contributed by atoms with van der Waals surface area (Å²) < 4.78 is 3.28. The number of hydrogen-bond donors (Lipinski definition) is 3. The molecule has 9 nitrogen and oxygen atoms in total. The molecule has 4 heterocycles. The summed E-state index contributed by atoms with van der Waals surface area (Å²) in [6.45, 7) is 6.05. The number of aromatic nitrogens is 5. The number of fused-ring (bicyclic) bond motifs is 1. The van der Waals surface area contributed by atoms with Crippen LogP contribution in [0.3, 0.4) is 0 Å². The zero-order valence-corrected chi connectivity index (χ0v) is 19.3. The Hall–Kier alpha value is -3.69. The maximum Gasteiger partial charge on any atom is 0.278 e. The zero-order chi connectivity index (χ0) is 23.5. The van der Waals surface area contributed by atoms with Gasteiger partial charge in [0, 0.05) is 29.5 Å². The molecule has 1 aromatic carbocycles. The minimum absolute atomic E-state index is 0.204. The van der Waals surface area contributed by atoms with E-state index >= 15 is 0 Å². The van der Waals surface area contributed by atoms with Gasteiger partial charge < -0.3 is 16.0 Å². The molecule has 0 bridgehead atoms. The number of benzene rings is 1. The van der Waals surface area contributed by atoms with Crippen molar-refractivity contribution in [1.29, 1.82) is 0 Å². The highest BCUT2D eigenvalue weighted by atomic mass is 35.5. The second-order valence-corrected chi connectivity index (χ2v) is 8.56. The Balaban J connectivity index is 1.56.